The predicted octanol–water partition coefficient (Wildman–Crippen LogP) is 1.80. The van der Waals surface area contributed by atoms with Crippen LogP contribution in [0.25, 0.3) is 0 Å². The Labute approximate surface area is 101 Å². The normalized spacial score (nSPS) is 13.1. The summed E-state index contributed by atoms with van der Waals surface area (Å²) in [5.41, 5.74) is 0.177. The van der Waals surface area contributed by atoms with E-state index in [9.17, 15) is 18.0 Å². The number of hydrogen-bond donors (Lipinski definition) is 2. The fraction of sp³-hybridized carbons (Fsp3) is 0.364. The lowest BCUT2D eigenvalue weighted by Crippen LogP contribution is -2.36. The van der Waals surface area contributed by atoms with Crippen molar-refractivity contribution >= 4 is 5.97 Å². The number of rotatable bonds is 5. The first-order valence-electron chi connectivity index (χ1n) is 5.07. The van der Waals surface area contributed by atoms with Crippen molar-refractivity contribution in [2.45, 2.75) is 18.8 Å². The molecular weight excluding hydrogens is 251 g/mol. The molecule has 0 fully saturated rings. The maximum absolute atomic E-state index is 12.1. The van der Waals surface area contributed by atoms with Crippen LogP contribution in [0.2, 0.25) is 0 Å². The number of halogens is 3. The quantitative estimate of drug-likeness (QED) is 0.850. The van der Waals surface area contributed by atoms with Gasteiger partial charge < -0.3 is 15.2 Å². The van der Waals surface area contributed by atoms with E-state index in [2.05, 4.69) is 10.1 Å². The summed E-state index contributed by atoms with van der Waals surface area (Å²) >= 11 is 0. The molecule has 1 atom stereocenters. The second-order valence-corrected chi connectivity index (χ2v) is 3.54. The molecule has 0 radical (unpaired) electrons. The van der Waals surface area contributed by atoms with Crippen molar-refractivity contribution in [3.63, 3.8) is 0 Å². The third kappa shape index (κ3) is 4.25. The Balaban J connectivity index is 2.91. The van der Waals surface area contributed by atoms with Crippen molar-refractivity contribution < 1.29 is 27.8 Å². The standard InChI is InChI=1S/C11H12F3NO3/c1-15-8(10(16)17)6-7-4-2-3-5-9(7)18-11(12,13)14/h2-5,8,15H,6H2,1H3,(H,16,17)/t8-/m0/s1. The summed E-state index contributed by atoms with van der Waals surface area (Å²) in [6, 6.07) is 4.49. The zero-order valence-corrected chi connectivity index (χ0v) is 9.49. The lowest BCUT2D eigenvalue weighted by molar-refractivity contribution is -0.274. The highest BCUT2D eigenvalue weighted by molar-refractivity contribution is 5.74. The number of hydrogen-bond acceptors (Lipinski definition) is 3. The zero-order chi connectivity index (χ0) is 13.8. The van der Waals surface area contributed by atoms with Gasteiger partial charge in [0.25, 0.3) is 0 Å². The lowest BCUT2D eigenvalue weighted by atomic mass is 10.1. The summed E-state index contributed by atoms with van der Waals surface area (Å²) in [5, 5.41) is 11.3. The molecule has 1 aromatic carbocycles. The molecule has 100 valence electrons. The van der Waals surface area contributed by atoms with Crippen LogP contribution in [0.4, 0.5) is 13.2 Å². The van der Waals surface area contributed by atoms with Crippen molar-refractivity contribution in [1.82, 2.24) is 5.32 Å². The van der Waals surface area contributed by atoms with Crippen molar-refractivity contribution in [1.29, 1.82) is 0 Å². The highest BCUT2D eigenvalue weighted by atomic mass is 19.4. The molecule has 1 aromatic rings. The molecule has 4 nitrogen and oxygen atoms in total. The van der Waals surface area contributed by atoms with Crippen molar-refractivity contribution in [2.24, 2.45) is 0 Å². The van der Waals surface area contributed by atoms with Gasteiger partial charge in [0, 0.05) is 6.42 Å². The molecule has 1 rings (SSSR count). The first-order chi connectivity index (χ1) is 8.33. The van der Waals surface area contributed by atoms with Crippen LogP contribution in [-0.2, 0) is 11.2 Å². The van der Waals surface area contributed by atoms with Gasteiger partial charge in [-0.25, -0.2) is 0 Å². The Morgan fingerprint density at radius 2 is 2.06 bits per heavy atom. The summed E-state index contributed by atoms with van der Waals surface area (Å²) in [6.45, 7) is 0. The summed E-state index contributed by atoms with van der Waals surface area (Å²) in [7, 11) is 1.42. The SMILES string of the molecule is CN[C@@H](Cc1ccccc1OC(F)(F)F)C(=O)O. The van der Waals surface area contributed by atoms with E-state index in [4.69, 9.17) is 5.11 Å². The average molecular weight is 263 g/mol. The molecule has 18 heavy (non-hydrogen) atoms. The first-order valence-corrected chi connectivity index (χ1v) is 5.07. The smallest absolute Gasteiger partial charge is 0.480 e. The molecule has 0 heterocycles. The first kappa shape index (κ1) is 14.3. The van der Waals surface area contributed by atoms with E-state index < -0.39 is 18.4 Å². The number of carboxylic acid groups (broad SMARTS) is 1. The second kappa shape index (κ2) is 5.72. The highest BCUT2D eigenvalue weighted by Crippen LogP contribution is 2.26. The molecule has 0 aliphatic carbocycles. The van der Waals surface area contributed by atoms with Gasteiger partial charge in [-0.05, 0) is 18.7 Å². The van der Waals surface area contributed by atoms with Crippen LogP contribution in [0.3, 0.4) is 0 Å². The van der Waals surface area contributed by atoms with E-state index in [0.717, 1.165) is 6.07 Å². The van der Waals surface area contributed by atoms with E-state index in [-0.39, 0.29) is 17.7 Å². The van der Waals surface area contributed by atoms with Crippen LogP contribution in [-0.4, -0.2) is 30.5 Å². The van der Waals surface area contributed by atoms with Gasteiger partial charge in [-0.15, -0.1) is 13.2 Å². The summed E-state index contributed by atoms with van der Waals surface area (Å²) in [6.07, 6.45) is -4.90. The number of para-hydroxylation sites is 1. The Hall–Kier alpha value is -1.76. The number of ether oxygens (including phenoxy) is 1. The fourth-order valence-corrected chi connectivity index (χ4v) is 1.43. The molecule has 2 N–H and O–H groups in total. The number of carboxylic acids is 1. The Kier molecular flexibility index (Phi) is 4.55. The van der Waals surface area contributed by atoms with Gasteiger partial charge in [-0.1, -0.05) is 18.2 Å². The average Bonchev–Trinajstić information content (AvgIpc) is 2.25. The molecule has 0 aliphatic heterocycles. The van der Waals surface area contributed by atoms with E-state index in [0.29, 0.717) is 0 Å². The minimum Gasteiger partial charge on any atom is -0.480 e. The molecule has 0 unspecified atom stereocenters. The summed E-state index contributed by atoms with van der Waals surface area (Å²) in [5.74, 6) is -1.52. The van der Waals surface area contributed by atoms with Crippen LogP contribution in [0.15, 0.2) is 24.3 Å². The highest BCUT2D eigenvalue weighted by Gasteiger charge is 2.32. The van der Waals surface area contributed by atoms with Gasteiger partial charge in [0.1, 0.15) is 11.8 Å². The van der Waals surface area contributed by atoms with Gasteiger partial charge >= 0.3 is 12.3 Å². The zero-order valence-electron chi connectivity index (χ0n) is 9.49. The van der Waals surface area contributed by atoms with Crippen molar-refractivity contribution in [2.75, 3.05) is 7.05 Å². The number of carbonyl (C=O) groups is 1. The van der Waals surface area contributed by atoms with Crippen LogP contribution >= 0.6 is 0 Å². The molecular formula is C11H12F3NO3. The number of nitrogens with one attached hydrogen (secondary N) is 1. The third-order valence-corrected chi connectivity index (χ3v) is 2.27. The maximum Gasteiger partial charge on any atom is 0.573 e. The van der Waals surface area contributed by atoms with Gasteiger partial charge in [0.2, 0.25) is 0 Å². The maximum atomic E-state index is 12.1. The van der Waals surface area contributed by atoms with Crippen molar-refractivity contribution in [3.8, 4) is 5.75 Å². The van der Waals surface area contributed by atoms with Gasteiger partial charge in [0.15, 0.2) is 0 Å². The van der Waals surface area contributed by atoms with E-state index in [1.54, 1.807) is 0 Å². The Morgan fingerprint density at radius 1 is 1.44 bits per heavy atom. The van der Waals surface area contributed by atoms with E-state index in [1.807, 2.05) is 0 Å². The summed E-state index contributed by atoms with van der Waals surface area (Å²) in [4.78, 5) is 10.8. The number of alkyl halides is 3. The molecule has 7 heteroatoms. The molecule has 0 amide bonds. The second-order valence-electron chi connectivity index (χ2n) is 3.54. The molecule has 0 aromatic heterocycles. The largest absolute Gasteiger partial charge is 0.573 e. The third-order valence-electron chi connectivity index (χ3n) is 2.27. The van der Waals surface area contributed by atoms with E-state index in [1.165, 1.54) is 25.2 Å². The molecule has 0 aliphatic rings. The molecule has 0 saturated heterocycles. The number of likely N-dealkylation sites (N-methyl/N-ethyl adjacent to an activating group) is 1. The van der Waals surface area contributed by atoms with Gasteiger partial charge in [-0.2, -0.15) is 0 Å². The lowest BCUT2D eigenvalue weighted by Gasteiger charge is -2.16. The van der Waals surface area contributed by atoms with Crippen LogP contribution in [0, 0.1) is 0 Å². The van der Waals surface area contributed by atoms with Crippen LogP contribution < -0.4 is 10.1 Å². The van der Waals surface area contributed by atoms with Crippen LogP contribution in [0.1, 0.15) is 5.56 Å². The summed E-state index contributed by atoms with van der Waals surface area (Å²) < 4.78 is 40.3. The number of benzene rings is 1. The molecule has 0 saturated carbocycles. The van der Waals surface area contributed by atoms with Crippen LogP contribution in [0.5, 0.6) is 5.75 Å². The fourth-order valence-electron chi connectivity index (χ4n) is 1.43. The topological polar surface area (TPSA) is 58.6 Å². The Morgan fingerprint density at radius 3 is 2.56 bits per heavy atom. The number of aliphatic carboxylic acids is 1. The predicted molar refractivity (Wildman–Crippen MR) is 57.3 cm³/mol. The minimum atomic E-state index is -4.80. The van der Waals surface area contributed by atoms with E-state index >= 15 is 0 Å². The Bertz CT molecular complexity index is 420. The minimum absolute atomic E-state index is 0.0991. The molecule has 0 bridgehead atoms. The molecule has 0 spiro atoms. The monoisotopic (exact) mass is 263 g/mol. The van der Waals surface area contributed by atoms with Gasteiger partial charge in [0.05, 0.1) is 0 Å². The van der Waals surface area contributed by atoms with Crippen molar-refractivity contribution in [3.05, 3.63) is 29.8 Å². The van der Waals surface area contributed by atoms with Gasteiger partial charge in [-0.3, -0.25) is 4.79 Å².